The number of benzene rings is 2. The van der Waals surface area contributed by atoms with Crippen molar-refractivity contribution in [2.45, 2.75) is 12.5 Å². The summed E-state index contributed by atoms with van der Waals surface area (Å²) in [7, 11) is 1.32. The maximum Gasteiger partial charge on any atom is 0.328 e. The number of carbonyl (C=O) groups is 2. The van der Waals surface area contributed by atoms with Crippen LogP contribution in [0.25, 0.3) is 10.9 Å². The molecule has 2 aromatic carbocycles. The molecule has 1 aromatic heterocycles. The lowest BCUT2D eigenvalue weighted by atomic mass is 10.0. The van der Waals surface area contributed by atoms with Gasteiger partial charge < -0.3 is 15.0 Å². The van der Waals surface area contributed by atoms with E-state index in [1.165, 1.54) is 7.11 Å². The van der Waals surface area contributed by atoms with Crippen molar-refractivity contribution in [3.63, 3.8) is 0 Å². The number of H-pyrrole nitrogens is 1. The minimum Gasteiger partial charge on any atom is -0.467 e. The van der Waals surface area contributed by atoms with Crippen LogP contribution in [0.5, 0.6) is 0 Å². The molecule has 1 atom stereocenters. The minimum atomic E-state index is -0.737. The quantitative estimate of drug-likeness (QED) is 0.710. The molecule has 3 rings (SSSR count). The first-order valence-electron chi connectivity index (χ1n) is 7.68. The Balaban J connectivity index is 1.83. The first-order valence-corrected chi connectivity index (χ1v) is 7.68. The summed E-state index contributed by atoms with van der Waals surface area (Å²) in [5, 5.41) is 3.60. The second-order valence-electron chi connectivity index (χ2n) is 5.48. The molecule has 1 amide bonds. The van der Waals surface area contributed by atoms with E-state index in [4.69, 9.17) is 4.74 Å². The fourth-order valence-corrected chi connectivity index (χ4v) is 2.70. The van der Waals surface area contributed by atoms with Crippen molar-refractivity contribution in [1.82, 2.24) is 10.3 Å². The van der Waals surface area contributed by atoms with Crippen LogP contribution in [0, 0.1) is 0 Å². The summed E-state index contributed by atoms with van der Waals surface area (Å²) < 4.78 is 4.83. The molecule has 2 N–H and O–H groups in total. The summed E-state index contributed by atoms with van der Waals surface area (Å²) in [4.78, 5) is 27.8. The molecule has 3 aromatic rings. The van der Waals surface area contributed by atoms with Crippen LogP contribution < -0.4 is 5.32 Å². The second-order valence-corrected chi connectivity index (χ2v) is 5.48. The Morgan fingerprint density at radius 1 is 1.08 bits per heavy atom. The minimum absolute atomic E-state index is 0.300. The molecule has 0 bridgehead atoms. The van der Waals surface area contributed by atoms with E-state index in [-0.39, 0.29) is 5.91 Å². The molecular weight excluding hydrogens is 304 g/mol. The Morgan fingerprint density at radius 3 is 2.62 bits per heavy atom. The molecule has 0 aliphatic heterocycles. The van der Waals surface area contributed by atoms with Gasteiger partial charge >= 0.3 is 5.97 Å². The van der Waals surface area contributed by atoms with Gasteiger partial charge in [0.25, 0.3) is 5.91 Å². The Kier molecular flexibility index (Phi) is 4.61. The van der Waals surface area contributed by atoms with Crippen LogP contribution in [0.4, 0.5) is 0 Å². The topological polar surface area (TPSA) is 71.2 Å². The standard InChI is InChI=1S/C19H18N2O3/c1-24-19(23)17(12-13-6-3-2-4-7-13)21-18(22)15-8-5-9-16-14(15)10-11-20-16/h2-11,17,20H,12H2,1H3,(H,21,22)/t17-/m0/s1. The van der Waals surface area contributed by atoms with Gasteiger partial charge in [0, 0.05) is 29.1 Å². The first kappa shape index (κ1) is 15.8. The molecule has 0 saturated heterocycles. The summed E-state index contributed by atoms with van der Waals surface area (Å²) in [6, 6.07) is 16.1. The van der Waals surface area contributed by atoms with Gasteiger partial charge in [-0.25, -0.2) is 4.79 Å². The van der Waals surface area contributed by atoms with Gasteiger partial charge in [-0.3, -0.25) is 4.79 Å². The maximum atomic E-state index is 12.6. The number of aromatic nitrogens is 1. The number of amides is 1. The number of hydrogen-bond donors (Lipinski definition) is 2. The zero-order valence-electron chi connectivity index (χ0n) is 13.3. The molecule has 0 aliphatic rings. The number of rotatable bonds is 5. The van der Waals surface area contributed by atoms with Crippen LogP contribution in [-0.4, -0.2) is 30.0 Å². The molecule has 0 fully saturated rings. The van der Waals surface area contributed by atoms with Crippen LogP contribution in [-0.2, 0) is 16.0 Å². The highest BCUT2D eigenvalue weighted by Crippen LogP contribution is 2.17. The van der Waals surface area contributed by atoms with Crippen molar-refractivity contribution in [3.05, 3.63) is 71.9 Å². The Morgan fingerprint density at radius 2 is 1.88 bits per heavy atom. The molecule has 0 aliphatic carbocycles. The molecule has 5 nitrogen and oxygen atoms in total. The number of esters is 1. The third-order valence-corrected chi connectivity index (χ3v) is 3.91. The number of ether oxygens (including phenoxy) is 1. The van der Waals surface area contributed by atoms with Gasteiger partial charge in [0.2, 0.25) is 0 Å². The fraction of sp³-hybridized carbons (Fsp3) is 0.158. The molecule has 1 heterocycles. The highest BCUT2D eigenvalue weighted by Gasteiger charge is 2.23. The summed E-state index contributed by atoms with van der Waals surface area (Å²) in [5.41, 5.74) is 2.35. The van der Waals surface area contributed by atoms with Gasteiger partial charge in [-0.1, -0.05) is 36.4 Å². The Labute approximate surface area is 139 Å². The van der Waals surface area contributed by atoms with Gasteiger partial charge in [0.1, 0.15) is 6.04 Å². The normalized spacial score (nSPS) is 11.9. The highest BCUT2D eigenvalue weighted by molar-refractivity contribution is 6.07. The molecule has 0 unspecified atom stereocenters. The average Bonchev–Trinajstić information content (AvgIpc) is 3.10. The lowest BCUT2D eigenvalue weighted by Gasteiger charge is -2.17. The first-order chi connectivity index (χ1) is 11.7. The van der Waals surface area contributed by atoms with E-state index in [2.05, 4.69) is 10.3 Å². The lowest BCUT2D eigenvalue weighted by Crippen LogP contribution is -2.43. The summed E-state index contributed by atoms with van der Waals surface area (Å²) in [5.74, 6) is -0.764. The number of carbonyl (C=O) groups excluding carboxylic acids is 2. The predicted molar refractivity (Wildman–Crippen MR) is 91.7 cm³/mol. The van der Waals surface area contributed by atoms with Gasteiger partial charge in [0.15, 0.2) is 0 Å². The Hall–Kier alpha value is -3.08. The summed E-state index contributed by atoms with van der Waals surface area (Å²) >= 11 is 0. The van der Waals surface area contributed by atoms with Gasteiger partial charge in [-0.2, -0.15) is 0 Å². The third-order valence-electron chi connectivity index (χ3n) is 3.91. The van der Waals surface area contributed by atoms with E-state index >= 15 is 0 Å². The number of hydrogen-bond acceptors (Lipinski definition) is 3. The summed E-state index contributed by atoms with van der Waals surface area (Å²) in [6.45, 7) is 0. The van der Waals surface area contributed by atoms with Crippen LogP contribution >= 0.6 is 0 Å². The highest BCUT2D eigenvalue weighted by atomic mass is 16.5. The van der Waals surface area contributed by atoms with Crippen molar-refractivity contribution in [2.24, 2.45) is 0 Å². The van der Waals surface area contributed by atoms with E-state index in [0.717, 1.165) is 16.5 Å². The van der Waals surface area contributed by atoms with Crippen LogP contribution in [0.2, 0.25) is 0 Å². The molecule has 0 saturated carbocycles. The van der Waals surface area contributed by atoms with Crippen molar-refractivity contribution in [1.29, 1.82) is 0 Å². The molecule has 24 heavy (non-hydrogen) atoms. The van der Waals surface area contributed by atoms with E-state index in [0.29, 0.717) is 12.0 Å². The van der Waals surface area contributed by atoms with Crippen LogP contribution in [0.1, 0.15) is 15.9 Å². The fourth-order valence-electron chi connectivity index (χ4n) is 2.70. The van der Waals surface area contributed by atoms with Crippen molar-refractivity contribution in [2.75, 3.05) is 7.11 Å². The zero-order valence-corrected chi connectivity index (χ0v) is 13.3. The molecule has 122 valence electrons. The van der Waals surface area contributed by atoms with Crippen LogP contribution in [0.3, 0.4) is 0 Å². The monoisotopic (exact) mass is 322 g/mol. The third kappa shape index (κ3) is 3.30. The van der Waals surface area contributed by atoms with E-state index < -0.39 is 12.0 Å². The number of aromatic amines is 1. The van der Waals surface area contributed by atoms with Crippen molar-refractivity contribution < 1.29 is 14.3 Å². The zero-order chi connectivity index (χ0) is 16.9. The smallest absolute Gasteiger partial charge is 0.328 e. The largest absolute Gasteiger partial charge is 0.467 e. The number of methoxy groups -OCH3 is 1. The number of nitrogens with one attached hydrogen (secondary N) is 2. The lowest BCUT2D eigenvalue weighted by molar-refractivity contribution is -0.142. The summed E-state index contributed by atoms with van der Waals surface area (Å²) in [6.07, 6.45) is 2.16. The number of fused-ring (bicyclic) bond motifs is 1. The maximum absolute atomic E-state index is 12.6. The van der Waals surface area contributed by atoms with Crippen molar-refractivity contribution >= 4 is 22.8 Å². The molecular formula is C19H18N2O3. The van der Waals surface area contributed by atoms with Gasteiger partial charge in [-0.05, 0) is 23.8 Å². The average molecular weight is 322 g/mol. The van der Waals surface area contributed by atoms with Crippen molar-refractivity contribution in [3.8, 4) is 0 Å². The van der Waals surface area contributed by atoms with E-state index in [9.17, 15) is 9.59 Å². The second kappa shape index (κ2) is 7.00. The molecule has 0 spiro atoms. The van der Waals surface area contributed by atoms with Gasteiger partial charge in [-0.15, -0.1) is 0 Å². The SMILES string of the molecule is COC(=O)[C@H](Cc1ccccc1)NC(=O)c1cccc2[nH]ccc12. The van der Waals surface area contributed by atoms with Gasteiger partial charge in [0.05, 0.1) is 7.11 Å². The Bertz CT molecular complexity index is 855. The molecule has 5 heteroatoms. The predicted octanol–water partition coefficient (Wildman–Crippen LogP) is 2.68. The van der Waals surface area contributed by atoms with E-state index in [1.807, 2.05) is 42.5 Å². The molecule has 0 radical (unpaired) electrons. The van der Waals surface area contributed by atoms with E-state index in [1.54, 1.807) is 18.3 Å². The van der Waals surface area contributed by atoms with Crippen LogP contribution in [0.15, 0.2) is 60.8 Å².